The van der Waals surface area contributed by atoms with Gasteiger partial charge >= 0.3 is 0 Å². The number of guanidine groups is 1. The Bertz CT molecular complexity index is 734. The Hall–Kier alpha value is -1.46. The minimum Gasteiger partial charge on any atom is -0.364 e. The van der Waals surface area contributed by atoms with Gasteiger partial charge in [0, 0.05) is 56.0 Å². The molecule has 1 atom stereocenters. The van der Waals surface area contributed by atoms with Crippen molar-refractivity contribution in [2.75, 3.05) is 45.0 Å². The summed E-state index contributed by atoms with van der Waals surface area (Å²) >= 11 is 0. The van der Waals surface area contributed by atoms with E-state index in [0.717, 1.165) is 55.8 Å². The standard InChI is InChI=1S/C19H27N5O2S.HI/c1-2-20-19(21-9-15-27(25)18-6-4-3-5-7-18)24-12-10-23(11-13-24)16-17-8-14-26-22-17;/h3-8,14H,2,9-13,15-16H2,1H3,(H,20,21);1H. The quantitative estimate of drug-likeness (QED) is 0.345. The molecule has 0 radical (unpaired) electrons. The number of hydrogen-bond acceptors (Lipinski definition) is 5. The van der Waals surface area contributed by atoms with Crippen molar-refractivity contribution in [1.82, 2.24) is 20.3 Å². The summed E-state index contributed by atoms with van der Waals surface area (Å²) in [5.74, 6) is 1.44. The van der Waals surface area contributed by atoms with Crippen molar-refractivity contribution in [1.29, 1.82) is 0 Å². The third kappa shape index (κ3) is 6.85. The van der Waals surface area contributed by atoms with Crippen LogP contribution in [0.25, 0.3) is 0 Å². The van der Waals surface area contributed by atoms with E-state index in [4.69, 9.17) is 9.52 Å². The highest BCUT2D eigenvalue weighted by atomic mass is 127. The van der Waals surface area contributed by atoms with Crippen molar-refractivity contribution >= 4 is 40.7 Å². The van der Waals surface area contributed by atoms with E-state index >= 15 is 0 Å². The first kappa shape index (κ1) is 22.8. The van der Waals surface area contributed by atoms with Crippen LogP contribution in [0.1, 0.15) is 12.6 Å². The zero-order valence-electron chi connectivity index (χ0n) is 16.1. The van der Waals surface area contributed by atoms with Crippen LogP contribution < -0.4 is 5.32 Å². The van der Waals surface area contributed by atoms with E-state index in [1.165, 1.54) is 0 Å². The van der Waals surface area contributed by atoms with Gasteiger partial charge in [0.05, 0.1) is 23.0 Å². The molecule has 1 aromatic heterocycles. The molecule has 0 bridgehead atoms. The maximum absolute atomic E-state index is 12.3. The molecule has 1 aliphatic heterocycles. The van der Waals surface area contributed by atoms with Crippen LogP contribution in [0.5, 0.6) is 0 Å². The van der Waals surface area contributed by atoms with Gasteiger partial charge in [-0.15, -0.1) is 24.0 Å². The zero-order valence-corrected chi connectivity index (χ0v) is 19.3. The van der Waals surface area contributed by atoms with E-state index < -0.39 is 10.8 Å². The van der Waals surface area contributed by atoms with E-state index in [-0.39, 0.29) is 24.0 Å². The second-order valence-corrected chi connectivity index (χ2v) is 7.92. The Morgan fingerprint density at radius 2 is 1.96 bits per heavy atom. The third-order valence-corrected chi connectivity index (χ3v) is 5.78. The SMILES string of the molecule is CCNC(=NCCS(=O)c1ccccc1)N1CCN(Cc2ccon2)CC1.I. The first-order valence-corrected chi connectivity index (χ1v) is 10.7. The Labute approximate surface area is 186 Å². The summed E-state index contributed by atoms with van der Waals surface area (Å²) in [6.07, 6.45) is 1.61. The van der Waals surface area contributed by atoms with E-state index in [1.54, 1.807) is 6.26 Å². The van der Waals surface area contributed by atoms with Gasteiger partial charge in [-0.3, -0.25) is 14.1 Å². The number of piperazine rings is 1. The second-order valence-electron chi connectivity index (χ2n) is 6.35. The lowest BCUT2D eigenvalue weighted by Crippen LogP contribution is -2.52. The van der Waals surface area contributed by atoms with E-state index in [2.05, 4.69) is 27.2 Å². The topological polar surface area (TPSA) is 74.0 Å². The number of nitrogens with zero attached hydrogens (tertiary/aromatic N) is 4. The van der Waals surface area contributed by atoms with Gasteiger partial charge < -0.3 is 14.7 Å². The molecule has 154 valence electrons. The summed E-state index contributed by atoms with van der Waals surface area (Å²) in [7, 11) is -1.01. The van der Waals surface area contributed by atoms with Gasteiger partial charge in [0.1, 0.15) is 6.26 Å². The molecule has 0 amide bonds. The van der Waals surface area contributed by atoms with Crippen LogP contribution >= 0.6 is 24.0 Å². The highest BCUT2D eigenvalue weighted by molar-refractivity contribution is 14.0. The lowest BCUT2D eigenvalue weighted by atomic mass is 10.3. The largest absolute Gasteiger partial charge is 0.364 e. The summed E-state index contributed by atoms with van der Waals surface area (Å²) in [4.78, 5) is 10.2. The number of benzene rings is 1. The normalized spacial score (nSPS) is 16.5. The molecule has 0 aliphatic carbocycles. The fourth-order valence-electron chi connectivity index (χ4n) is 3.02. The van der Waals surface area contributed by atoms with Gasteiger partial charge in [-0.05, 0) is 19.1 Å². The van der Waals surface area contributed by atoms with Gasteiger partial charge in [0.15, 0.2) is 5.96 Å². The smallest absolute Gasteiger partial charge is 0.194 e. The first-order valence-electron chi connectivity index (χ1n) is 9.34. The highest BCUT2D eigenvalue weighted by Crippen LogP contribution is 2.08. The van der Waals surface area contributed by atoms with Gasteiger partial charge in [0.2, 0.25) is 0 Å². The second kappa shape index (κ2) is 12.2. The van der Waals surface area contributed by atoms with Crippen LogP contribution in [0.4, 0.5) is 0 Å². The summed E-state index contributed by atoms with van der Waals surface area (Å²) in [6.45, 7) is 7.96. The Morgan fingerprint density at radius 3 is 2.61 bits per heavy atom. The van der Waals surface area contributed by atoms with Gasteiger partial charge in [-0.1, -0.05) is 23.4 Å². The molecule has 28 heavy (non-hydrogen) atoms. The average Bonchev–Trinajstić information content (AvgIpc) is 3.21. The van der Waals surface area contributed by atoms with Crippen LogP contribution in [-0.4, -0.2) is 70.1 Å². The number of aromatic nitrogens is 1. The fraction of sp³-hybridized carbons (Fsp3) is 0.474. The van der Waals surface area contributed by atoms with Crippen LogP contribution in [0.15, 0.2) is 57.1 Å². The molecule has 1 unspecified atom stereocenters. The van der Waals surface area contributed by atoms with Crippen molar-refractivity contribution in [2.45, 2.75) is 18.4 Å². The highest BCUT2D eigenvalue weighted by Gasteiger charge is 2.20. The predicted molar refractivity (Wildman–Crippen MR) is 122 cm³/mol. The number of nitrogens with one attached hydrogen (secondary N) is 1. The van der Waals surface area contributed by atoms with Crippen molar-refractivity contribution in [3.63, 3.8) is 0 Å². The molecule has 1 aliphatic rings. The molecule has 1 N–H and O–H groups in total. The maximum atomic E-state index is 12.3. The molecule has 2 heterocycles. The summed E-state index contributed by atoms with van der Waals surface area (Å²) < 4.78 is 17.2. The van der Waals surface area contributed by atoms with E-state index in [1.807, 2.05) is 36.4 Å². The van der Waals surface area contributed by atoms with Crippen LogP contribution in [0.3, 0.4) is 0 Å². The molecule has 0 saturated carbocycles. The number of halogens is 1. The van der Waals surface area contributed by atoms with Crippen LogP contribution in [-0.2, 0) is 17.3 Å². The molecule has 7 nitrogen and oxygen atoms in total. The summed E-state index contributed by atoms with van der Waals surface area (Å²) in [5.41, 5.74) is 0.965. The van der Waals surface area contributed by atoms with E-state index in [0.29, 0.717) is 12.3 Å². The van der Waals surface area contributed by atoms with Gasteiger partial charge in [-0.25, -0.2) is 0 Å². The lowest BCUT2D eigenvalue weighted by Gasteiger charge is -2.36. The number of rotatable bonds is 7. The summed E-state index contributed by atoms with van der Waals surface area (Å²) in [5, 5.41) is 7.34. The van der Waals surface area contributed by atoms with Crippen LogP contribution in [0.2, 0.25) is 0 Å². The Kier molecular flexibility index (Phi) is 9.93. The van der Waals surface area contributed by atoms with E-state index in [9.17, 15) is 4.21 Å². The Morgan fingerprint density at radius 1 is 1.21 bits per heavy atom. The molecule has 1 saturated heterocycles. The fourth-order valence-corrected chi connectivity index (χ4v) is 3.97. The average molecular weight is 517 g/mol. The number of hydrogen-bond donors (Lipinski definition) is 1. The van der Waals surface area contributed by atoms with Crippen molar-refractivity contribution in [3.8, 4) is 0 Å². The Balaban J connectivity index is 0.00000280. The van der Waals surface area contributed by atoms with Gasteiger partial charge in [-0.2, -0.15) is 0 Å². The number of aliphatic imine (C=N–C) groups is 1. The summed E-state index contributed by atoms with van der Waals surface area (Å²) in [6, 6.07) is 11.5. The van der Waals surface area contributed by atoms with Crippen molar-refractivity contribution < 1.29 is 8.73 Å². The maximum Gasteiger partial charge on any atom is 0.194 e. The lowest BCUT2D eigenvalue weighted by molar-refractivity contribution is 0.169. The van der Waals surface area contributed by atoms with Crippen LogP contribution in [0, 0.1) is 0 Å². The van der Waals surface area contributed by atoms with Gasteiger partial charge in [0.25, 0.3) is 0 Å². The minimum absolute atomic E-state index is 0. The predicted octanol–water partition coefficient (Wildman–Crippen LogP) is 2.18. The first-order chi connectivity index (χ1) is 13.3. The van der Waals surface area contributed by atoms with Crippen molar-refractivity contribution in [2.24, 2.45) is 4.99 Å². The molecule has 9 heteroatoms. The van der Waals surface area contributed by atoms with Crippen molar-refractivity contribution in [3.05, 3.63) is 48.4 Å². The zero-order chi connectivity index (χ0) is 18.9. The molecular weight excluding hydrogens is 489 g/mol. The molecule has 0 spiro atoms. The third-order valence-electron chi connectivity index (χ3n) is 4.43. The molecule has 2 aromatic rings. The monoisotopic (exact) mass is 517 g/mol. The molecular formula is C19H28IN5O2S. The molecule has 1 aromatic carbocycles. The molecule has 1 fully saturated rings. The minimum atomic E-state index is -1.01. The molecule has 3 rings (SSSR count).